The van der Waals surface area contributed by atoms with Crippen molar-refractivity contribution in [1.82, 2.24) is 5.32 Å². The van der Waals surface area contributed by atoms with E-state index in [4.69, 9.17) is 4.74 Å². The van der Waals surface area contributed by atoms with E-state index in [-0.39, 0.29) is 24.0 Å². The summed E-state index contributed by atoms with van der Waals surface area (Å²) in [6, 6.07) is 6.85. The fraction of sp³-hybridized carbons (Fsp3) is 0.500. The van der Waals surface area contributed by atoms with Crippen LogP contribution in [0.3, 0.4) is 0 Å². The Morgan fingerprint density at radius 3 is 2.33 bits per heavy atom. The van der Waals surface area contributed by atoms with Crippen LogP contribution in [0.2, 0.25) is 0 Å². The zero-order valence-electron chi connectivity index (χ0n) is 12.5. The molecule has 0 heterocycles. The molecule has 0 aliphatic heterocycles. The molecule has 0 aromatic heterocycles. The van der Waals surface area contributed by atoms with Crippen molar-refractivity contribution >= 4 is 15.8 Å². The molecule has 0 saturated carbocycles. The number of carbonyl (C=O) groups is 1. The molecule has 21 heavy (non-hydrogen) atoms. The molecular weight excluding hydrogens is 294 g/mol. The van der Waals surface area contributed by atoms with Crippen molar-refractivity contribution < 1.29 is 22.7 Å². The van der Waals surface area contributed by atoms with Gasteiger partial charge in [-0.3, -0.25) is 4.79 Å². The Morgan fingerprint density at radius 2 is 1.86 bits per heavy atom. The summed E-state index contributed by atoms with van der Waals surface area (Å²) in [4.78, 5) is 11.0. The molecule has 118 valence electrons. The van der Waals surface area contributed by atoms with Crippen molar-refractivity contribution in [3.05, 3.63) is 29.8 Å². The van der Waals surface area contributed by atoms with Crippen LogP contribution in [0.25, 0.3) is 0 Å². The summed E-state index contributed by atoms with van der Waals surface area (Å²) in [5.74, 6) is -0.105. The second-order valence-corrected chi connectivity index (χ2v) is 6.78. The van der Waals surface area contributed by atoms with E-state index < -0.39 is 15.8 Å². The van der Waals surface area contributed by atoms with Gasteiger partial charge in [-0.2, -0.15) is 0 Å². The lowest BCUT2D eigenvalue weighted by molar-refractivity contribution is -0.140. The van der Waals surface area contributed by atoms with Crippen molar-refractivity contribution in [2.75, 3.05) is 32.8 Å². The van der Waals surface area contributed by atoms with Gasteiger partial charge < -0.3 is 14.8 Å². The van der Waals surface area contributed by atoms with E-state index in [9.17, 15) is 13.2 Å². The Bertz CT molecular complexity index is 553. The van der Waals surface area contributed by atoms with Crippen LogP contribution in [0.15, 0.2) is 24.3 Å². The second-order valence-electron chi connectivity index (χ2n) is 4.55. The molecule has 0 amide bonds. The number of methoxy groups -OCH3 is 2. The first-order valence-corrected chi connectivity index (χ1v) is 8.32. The lowest BCUT2D eigenvalue weighted by Gasteiger charge is -2.17. The van der Waals surface area contributed by atoms with Gasteiger partial charge in [-0.25, -0.2) is 8.42 Å². The summed E-state index contributed by atoms with van der Waals surface area (Å²) >= 11 is 0. The van der Waals surface area contributed by atoms with E-state index in [0.717, 1.165) is 5.56 Å². The molecule has 0 saturated heterocycles. The highest BCUT2D eigenvalue weighted by Crippen LogP contribution is 2.19. The molecule has 0 spiro atoms. The van der Waals surface area contributed by atoms with Crippen LogP contribution >= 0.6 is 0 Å². The van der Waals surface area contributed by atoms with Crippen molar-refractivity contribution in [3.8, 4) is 5.75 Å². The van der Waals surface area contributed by atoms with Gasteiger partial charge in [0.1, 0.15) is 5.75 Å². The van der Waals surface area contributed by atoms with Gasteiger partial charge >= 0.3 is 5.97 Å². The molecule has 1 aromatic rings. The fourth-order valence-electron chi connectivity index (χ4n) is 1.86. The molecule has 0 bridgehead atoms. The molecule has 0 aliphatic carbocycles. The van der Waals surface area contributed by atoms with Crippen molar-refractivity contribution in [3.63, 3.8) is 0 Å². The largest absolute Gasteiger partial charge is 0.497 e. The number of rotatable bonds is 8. The molecule has 1 atom stereocenters. The molecule has 7 heteroatoms. The minimum atomic E-state index is -3.36. The van der Waals surface area contributed by atoms with Gasteiger partial charge in [0.15, 0.2) is 9.84 Å². The fourth-order valence-corrected chi connectivity index (χ4v) is 3.37. The first kappa shape index (κ1) is 17.5. The molecule has 1 unspecified atom stereocenters. The first-order valence-electron chi connectivity index (χ1n) is 6.50. The molecular formula is C14H21NO5S. The highest BCUT2D eigenvalue weighted by atomic mass is 32.2. The molecule has 0 aliphatic rings. The molecule has 1 N–H and O–H groups in total. The zero-order chi connectivity index (χ0) is 15.9. The Morgan fingerprint density at radius 1 is 1.24 bits per heavy atom. The third-order valence-electron chi connectivity index (χ3n) is 3.13. The summed E-state index contributed by atoms with van der Waals surface area (Å²) in [5, 5.41) is 2.98. The summed E-state index contributed by atoms with van der Waals surface area (Å²) in [5.41, 5.74) is 0.847. The van der Waals surface area contributed by atoms with Crippen molar-refractivity contribution in [1.29, 1.82) is 0 Å². The minimum absolute atomic E-state index is 0.0766. The maximum absolute atomic E-state index is 12.0. The topological polar surface area (TPSA) is 81.7 Å². The van der Waals surface area contributed by atoms with Gasteiger partial charge in [0.25, 0.3) is 0 Å². The van der Waals surface area contributed by atoms with Crippen LogP contribution in [0.4, 0.5) is 0 Å². The Hall–Kier alpha value is -1.60. The average Bonchev–Trinajstić information content (AvgIpc) is 2.50. The van der Waals surface area contributed by atoms with Gasteiger partial charge in [0.05, 0.1) is 32.1 Å². The average molecular weight is 315 g/mol. The summed E-state index contributed by atoms with van der Waals surface area (Å²) < 4.78 is 33.6. The van der Waals surface area contributed by atoms with Gasteiger partial charge in [-0.05, 0) is 24.7 Å². The van der Waals surface area contributed by atoms with Gasteiger partial charge in [0, 0.05) is 6.04 Å². The lowest BCUT2D eigenvalue weighted by Crippen LogP contribution is -2.27. The number of carbonyl (C=O) groups excluding carboxylic acids is 1. The maximum atomic E-state index is 12.0. The monoisotopic (exact) mass is 315 g/mol. The number of hydrogen-bond donors (Lipinski definition) is 1. The van der Waals surface area contributed by atoms with Crippen LogP contribution in [0.5, 0.6) is 5.75 Å². The number of nitrogens with one attached hydrogen (secondary N) is 1. The van der Waals surface area contributed by atoms with E-state index in [1.54, 1.807) is 26.3 Å². The molecule has 6 nitrogen and oxygen atoms in total. The normalized spacial score (nSPS) is 12.7. The van der Waals surface area contributed by atoms with Crippen LogP contribution in [0, 0.1) is 0 Å². The lowest BCUT2D eigenvalue weighted by atomic mass is 10.1. The molecule has 1 rings (SSSR count). The van der Waals surface area contributed by atoms with Crippen LogP contribution < -0.4 is 10.1 Å². The van der Waals surface area contributed by atoms with Gasteiger partial charge in [0.2, 0.25) is 0 Å². The predicted octanol–water partition coefficient (Wildman–Crippen LogP) is 0.934. The molecule has 0 radical (unpaired) electrons. The maximum Gasteiger partial charge on any atom is 0.306 e. The zero-order valence-corrected chi connectivity index (χ0v) is 13.3. The minimum Gasteiger partial charge on any atom is -0.497 e. The highest BCUT2D eigenvalue weighted by molar-refractivity contribution is 7.91. The van der Waals surface area contributed by atoms with E-state index >= 15 is 0 Å². The van der Waals surface area contributed by atoms with Crippen LogP contribution in [0.1, 0.15) is 18.0 Å². The predicted molar refractivity (Wildman–Crippen MR) is 80.1 cm³/mol. The second kappa shape index (κ2) is 7.99. The quantitative estimate of drug-likeness (QED) is 0.719. The van der Waals surface area contributed by atoms with E-state index in [2.05, 4.69) is 10.1 Å². The highest BCUT2D eigenvalue weighted by Gasteiger charge is 2.20. The SMILES string of the molecule is CNC(CS(=O)(=O)CCC(=O)OC)c1ccc(OC)cc1. The summed E-state index contributed by atoms with van der Waals surface area (Å²) in [6.45, 7) is 0. The summed E-state index contributed by atoms with van der Waals surface area (Å²) in [7, 11) is 1.15. The standard InChI is InChI=1S/C14H21NO5S/c1-15-13(11-4-6-12(19-2)7-5-11)10-21(17,18)9-8-14(16)20-3/h4-7,13,15H,8-10H2,1-3H3. The number of hydrogen-bond acceptors (Lipinski definition) is 6. The Kier molecular flexibility index (Phi) is 6.64. The number of sulfone groups is 1. The van der Waals surface area contributed by atoms with Gasteiger partial charge in [-0.1, -0.05) is 12.1 Å². The third kappa shape index (κ3) is 5.73. The van der Waals surface area contributed by atoms with Crippen LogP contribution in [-0.2, 0) is 19.4 Å². The molecule has 0 fully saturated rings. The van der Waals surface area contributed by atoms with E-state index in [1.165, 1.54) is 7.11 Å². The third-order valence-corrected chi connectivity index (χ3v) is 4.80. The number of esters is 1. The Labute approximate surface area is 125 Å². The number of ether oxygens (including phenoxy) is 2. The van der Waals surface area contributed by atoms with Gasteiger partial charge in [-0.15, -0.1) is 0 Å². The first-order chi connectivity index (χ1) is 9.91. The van der Waals surface area contributed by atoms with Crippen molar-refractivity contribution in [2.24, 2.45) is 0 Å². The van der Waals surface area contributed by atoms with E-state index in [0.29, 0.717) is 5.75 Å². The summed E-state index contributed by atoms with van der Waals surface area (Å²) in [6.07, 6.45) is -0.127. The van der Waals surface area contributed by atoms with Crippen molar-refractivity contribution in [2.45, 2.75) is 12.5 Å². The molecule has 1 aromatic carbocycles. The van der Waals surface area contributed by atoms with E-state index in [1.807, 2.05) is 12.1 Å². The Balaban J connectivity index is 2.73. The van der Waals surface area contributed by atoms with Crippen LogP contribution in [-0.4, -0.2) is 47.2 Å². The number of benzene rings is 1. The smallest absolute Gasteiger partial charge is 0.306 e.